The number of aromatic nitrogens is 2. The topological polar surface area (TPSA) is 124 Å². The molecule has 4 rings (SSSR count). The molecule has 2 fully saturated rings. The first-order chi connectivity index (χ1) is 17.6. The fourth-order valence-corrected chi connectivity index (χ4v) is 4.49. The van der Waals surface area contributed by atoms with Crippen LogP contribution in [-0.4, -0.2) is 97.1 Å². The lowest BCUT2D eigenvalue weighted by Crippen LogP contribution is -2.47. The summed E-state index contributed by atoms with van der Waals surface area (Å²) in [4.78, 5) is 13.8. The number of ether oxygens (including phenoxy) is 1. The average molecular weight is 495 g/mol. The zero-order valence-corrected chi connectivity index (χ0v) is 21.3. The van der Waals surface area contributed by atoms with E-state index in [4.69, 9.17) is 20.6 Å². The highest BCUT2D eigenvalue weighted by molar-refractivity contribution is 5.78. The summed E-state index contributed by atoms with van der Waals surface area (Å²) in [6.07, 6.45) is 1.86. The lowest BCUT2D eigenvalue weighted by atomic mass is 10.1. The van der Waals surface area contributed by atoms with Crippen LogP contribution in [0.5, 0.6) is 0 Å². The molecule has 0 unspecified atom stereocenters. The fraction of sp³-hybridized carbons (Fsp3) is 0.538. The quantitative estimate of drug-likeness (QED) is 0.347. The Balaban J connectivity index is 1.39. The summed E-state index contributed by atoms with van der Waals surface area (Å²) in [5.41, 5.74) is 9.88. The van der Waals surface area contributed by atoms with E-state index in [0.717, 1.165) is 82.1 Å². The summed E-state index contributed by atoms with van der Waals surface area (Å²) in [5.74, 6) is 8.12. The number of hydrogen-bond acceptors (Lipinski definition) is 10. The zero-order chi connectivity index (χ0) is 25.3. The minimum Gasteiger partial charge on any atom is -0.395 e. The first kappa shape index (κ1) is 26.0. The molecule has 10 nitrogen and oxygen atoms in total. The van der Waals surface area contributed by atoms with E-state index in [-0.39, 0.29) is 12.6 Å². The molecule has 2 aliphatic heterocycles. The zero-order valence-electron chi connectivity index (χ0n) is 21.3. The van der Waals surface area contributed by atoms with Crippen molar-refractivity contribution >= 4 is 29.0 Å². The Morgan fingerprint density at radius 1 is 1.14 bits per heavy atom. The maximum Gasteiger partial charge on any atom is 0.231 e. The second-order valence-corrected chi connectivity index (χ2v) is 9.23. The summed E-state index contributed by atoms with van der Waals surface area (Å²) in [6, 6.07) is 6.37. The highest BCUT2D eigenvalue weighted by Gasteiger charge is 2.19. The largest absolute Gasteiger partial charge is 0.395 e. The average Bonchev–Trinajstić information content (AvgIpc) is 2.87. The summed E-state index contributed by atoms with van der Waals surface area (Å²) in [6.45, 7) is 9.19. The van der Waals surface area contributed by atoms with Gasteiger partial charge in [-0.15, -0.1) is 0 Å². The molecule has 1 aromatic carbocycles. The normalized spacial score (nSPS) is 17.3. The summed E-state index contributed by atoms with van der Waals surface area (Å²) in [7, 11) is 1.82. The molecule has 10 heteroatoms. The van der Waals surface area contributed by atoms with Crippen LogP contribution in [-0.2, 0) is 4.74 Å². The van der Waals surface area contributed by atoms with Gasteiger partial charge in [-0.1, -0.05) is 11.8 Å². The van der Waals surface area contributed by atoms with Gasteiger partial charge < -0.3 is 31.5 Å². The van der Waals surface area contributed by atoms with E-state index in [1.165, 1.54) is 0 Å². The number of nitrogen functional groups attached to an aromatic ring is 1. The third-order valence-corrected chi connectivity index (χ3v) is 6.64. The predicted octanol–water partition coefficient (Wildman–Crippen LogP) is 1.70. The van der Waals surface area contributed by atoms with Crippen LogP contribution in [0.15, 0.2) is 18.2 Å². The van der Waals surface area contributed by atoms with Gasteiger partial charge in [0.05, 0.1) is 13.2 Å². The van der Waals surface area contributed by atoms with Crippen molar-refractivity contribution < 1.29 is 9.84 Å². The molecule has 0 saturated carbocycles. The van der Waals surface area contributed by atoms with Gasteiger partial charge in [0.25, 0.3) is 0 Å². The smallest absolute Gasteiger partial charge is 0.231 e. The van der Waals surface area contributed by atoms with E-state index in [1.807, 2.05) is 26.1 Å². The minimum atomic E-state index is 0.221. The summed E-state index contributed by atoms with van der Waals surface area (Å²) in [5, 5.41) is 19.0. The maximum absolute atomic E-state index is 9.08. The van der Waals surface area contributed by atoms with Crippen LogP contribution in [0.3, 0.4) is 0 Å². The monoisotopic (exact) mass is 494 g/mol. The van der Waals surface area contributed by atoms with Crippen molar-refractivity contribution in [3.05, 3.63) is 29.3 Å². The number of nitrogens with zero attached hydrogens (tertiary/aromatic N) is 4. The van der Waals surface area contributed by atoms with E-state index in [0.29, 0.717) is 23.3 Å². The van der Waals surface area contributed by atoms with Crippen LogP contribution in [0.2, 0.25) is 0 Å². The molecular formula is C26H38N8O2. The van der Waals surface area contributed by atoms with Gasteiger partial charge in [0.15, 0.2) is 11.6 Å². The molecule has 6 N–H and O–H groups in total. The number of rotatable bonds is 8. The second-order valence-electron chi connectivity index (χ2n) is 9.23. The summed E-state index contributed by atoms with van der Waals surface area (Å²) >= 11 is 0. The van der Waals surface area contributed by atoms with Crippen molar-refractivity contribution in [3.63, 3.8) is 0 Å². The Bertz CT molecular complexity index is 1070. The molecule has 2 saturated heterocycles. The minimum absolute atomic E-state index is 0.221. The van der Waals surface area contributed by atoms with Gasteiger partial charge >= 0.3 is 0 Å². The molecule has 3 heterocycles. The van der Waals surface area contributed by atoms with Gasteiger partial charge in [-0.25, -0.2) is 0 Å². The fourth-order valence-electron chi connectivity index (χ4n) is 4.49. The van der Waals surface area contributed by atoms with Gasteiger partial charge in [0.1, 0.15) is 5.69 Å². The molecule has 194 valence electrons. The van der Waals surface area contributed by atoms with Gasteiger partial charge in [-0.05, 0) is 43.5 Å². The highest BCUT2D eigenvalue weighted by atomic mass is 16.5. The Morgan fingerprint density at radius 3 is 2.58 bits per heavy atom. The molecule has 2 aliphatic rings. The second kappa shape index (κ2) is 12.7. The Labute approximate surface area is 213 Å². The molecule has 36 heavy (non-hydrogen) atoms. The Kier molecular flexibility index (Phi) is 9.19. The van der Waals surface area contributed by atoms with Crippen molar-refractivity contribution in [2.24, 2.45) is 0 Å². The third kappa shape index (κ3) is 6.98. The van der Waals surface area contributed by atoms with Crippen molar-refractivity contribution in [1.29, 1.82) is 0 Å². The number of piperazine rings is 1. The van der Waals surface area contributed by atoms with Crippen LogP contribution < -0.4 is 21.7 Å². The Hall–Kier alpha value is -3.10. The molecule has 0 aliphatic carbocycles. The molecule has 0 atom stereocenters. The van der Waals surface area contributed by atoms with Crippen molar-refractivity contribution in [3.8, 4) is 11.8 Å². The molecule has 2 aromatic rings. The van der Waals surface area contributed by atoms with E-state index in [2.05, 4.69) is 48.6 Å². The van der Waals surface area contributed by atoms with Crippen molar-refractivity contribution in [2.75, 3.05) is 87.8 Å². The highest BCUT2D eigenvalue weighted by Crippen LogP contribution is 2.29. The molecule has 1 aromatic heterocycles. The van der Waals surface area contributed by atoms with Crippen LogP contribution in [0, 0.1) is 18.8 Å². The first-order valence-electron chi connectivity index (χ1n) is 12.7. The van der Waals surface area contributed by atoms with Crippen molar-refractivity contribution in [1.82, 2.24) is 19.8 Å². The molecule has 0 amide bonds. The lowest BCUT2D eigenvalue weighted by molar-refractivity contribution is 0.0904. The van der Waals surface area contributed by atoms with E-state index < -0.39 is 0 Å². The molecule has 0 radical (unpaired) electrons. The van der Waals surface area contributed by atoms with E-state index in [1.54, 1.807) is 0 Å². The Morgan fingerprint density at radius 2 is 1.89 bits per heavy atom. The first-order valence-corrected chi connectivity index (χ1v) is 12.7. The number of aryl methyl sites for hydroxylation is 1. The number of aliphatic hydroxyl groups is 1. The van der Waals surface area contributed by atoms with Gasteiger partial charge in [-0.2, -0.15) is 9.97 Å². The molecule has 0 spiro atoms. The maximum atomic E-state index is 9.08. The van der Waals surface area contributed by atoms with Crippen LogP contribution >= 0.6 is 0 Å². The molecular weight excluding hydrogens is 456 g/mol. The summed E-state index contributed by atoms with van der Waals surface area (Å²) < 4.78 is 5.46. The number of nitrogens with two attached hydrogens (primary N) is 1. The van der Waals surface area contributed by atoms with Gasteiger partial charge in [0, 0.05) is 70.3 Å². The number of aliphatic hydroxyl groups excluding tert-OH is 1. The van der Waals surface area contributed by atoms with Gasteiger partial charge in [-0.3, -0.25) is 9.80 Å². The van der Waals surface area contributed by atoms with Crippen LogP contribution in [0.25, 0.3) is 0 Å². The predicted molar refractivity (Wildman–Crippen MR) is 145 cm³/mol. The number of β-amino-alcohol motifs (C(OH)–C–C–N with tert-alkyl or cyclic N) is 1. The number of hydrogen-bond donors (Lipinski definition) is 5. The van der Waals surface area contributed by atoms with Gasteiger partial charge in [0.2, 0.25) is 5.95 Å². The van der Waals surface area contributed by atoms with Crippen molar-refractivity contribution in [2.45, 2.75) is 25.8 Å². The van der Waals surface area contributed by atoms with Crippen LogP contribution in [0.1, 0.15) is 24.0 Å². The standard InChI is InChI=1S/C26H38N8O2/c1-19-18-20(4-3-9-33-10-12-34(13-11-33)14-15-35)5-6-22(19)30-26-31-24(27)23(28-2)25(32-26)29-21-7-16-36-17-8-21/h5-6,18,21,28,35H,7-17H2,1-2H3,(H4,27,29,30,31,32). The van der Waals surface area contributed by atoms with E-state index >= 15 is 0 Å². The van der Waals surface area contributed by atoms with Crippen LogP contribution in [0.4, 0.5) is 29.0 Å². The number of anilines is 5. The van der Waals surface area contributed by atoms with E-state index in [9.17, 15) is 0 Å². The number of benzene rings is 1. The lowest BCUT2D eigenvalue weighted by Gasteiger charge is -2.33. The number of nitrogens with one attached hydrogen (secondary N) is 3. The SMILES string of the molecule is CNc1c(N)nc(Nc2ccc(C#CCN3CCN(CCO)CC3)cc2C)nc1NC1CCOCC1. The third-order valence-electron chi connectivity index (χ3n) is 6.64. The molecule has 0 bridgehead atoms.